The Bertz CT molecular complexity index is 787. The van der Waals surface area contributed by atoms with Crippen LogP contribution in [0.15, 0.2) is 30.6 Å². The molecular weight excluding hydrogens is 334 g/mol. The molecule has 3 heteroatoms. The Hall–Kier alpha value is -1.48. The molecule has 3 nitrogen and oxygen atoms in total. The summed E-state index contributed by atoms with van der Waals surface area (Å²) in [5.74, 6) is 2.21. The van der Waals surface area contributed by atoms with Crippen LogP contribution in [0.5, 0.6) is 0 Å². The van der Waals surface area contributed by atoms with Crippen LogP contribution in [0.4, 0.5) is 0 Å². The van der Waals surface area contributed by atoms with Crippen LogP contribution in [0.1, 0.15) is 64.4 Å². The number of pyridine rings is 1. The standard InChI is InChI=1S/C24H31NO2/c1-23-10-8-20-17(13-22(27)21-12-16(26)7-9-24(20,21)2)19(23)6-5-18(23)15-4-3-11-25-14-15/h3-5,11,14,16-17,19-21,26H,6-10,12-13H2,1-2H3/t16-,17-,19-,20-,21?,23+,24+/m0/s1. The highest BCUT2D eigenvalue weighted by atomic mass is 16.3. The topological polar surface area (TPSA) is 50.2 Å². The molecule has 4 aliphatic carbocycles. The molecule has 1 N–H and O–H groups in total. The maximum absolute atomic E-state index is 13.1. The van der Waals surface area contributed by atoms with Gasteiger partial charge in [0.2, 0.25) is 0 Å². The van der Waals surface area contributed by atoms with Crippen molar-refractivity contribution in [3.63, 3.8) is 0 Å². The highest BCUT2D eigenvalue weighted by molar-refractivity contribution is 5.84. The molecule has 0 bridgehead atoms. The number of aromatic nitrogens is 1. The number of hydrogen-bond donors (Lipinski definition) is 1. The summed E-state index contributed by atoms with van der Waals surface area (Å²) in [6.45, 7) is 4.80. The Labute approximate surface area is 162 Å². The van der Waals surface area contributed by atoms with E-state index in [4.69, 9.17) is 0 Å². The lowest BCUT2D eigenvalue weighted by atomic mass is 9.44. The molecule has 4 aliphatic rings. The van der Waals surface area contributed by atoms with Gasteiger partial charge < -0.3 is 5.11 Å². The van der Waals surface area contributed by atoms with E-state index in [-0.39, 0.29) is 22.9 Å². The van der Waals surface area contributed by atoms with Gasteiger partial charge in [-0.25, -0.2) is 0 Å². The smallest absolute Gasteiger partial charge is 0.136 e. The normalized spacial score (nSPS) is 46.3. The number of nitrogens with zero attached hydrogens (tertiary/aromatic N) is 1. The van der Waals surface area contributed by atoms with Crippen LogP contribution in [0.2, 0.25) is 0 Å². The van der Waals surface area contributed by atoms with Gasteiger partial charge >= 0.3 is 0 Å². The first-order chi connectivity index (χ1) is 12.9. The first-order valence-corrected chi connectivity index (χ1v) is 10.8. The van der Waals surface area contributed by atoms with E-state index in [0.29, 0.717) is 30.0 Å². The van der Waals surface area contributed by atoms with Crippen LogP contribution in [0, 0.1) is 34.5 Å². The minimum Gasteiger partial charge on any atom is -0.393 e. The molecule has 0 saturated heterocycles. The van der Waals surface area contributed by atoms with E-state index in [1.165, 1.54) is 24.0 Å². The number of hydrogen-bond acceptors (Lipinski definition) is 3. The fourth-order valence-corrected chi connectivity index (χ4v) is 7.56. The number of ketones is 1. The maximum atomic E-state index is 13.1. The average molecular weight is 366 g/mol. The molecule has 7 atom stereocenters. The summed E-state index contributed by atoms with van der Waals surface area (Å²) in [7, 11) is 0. The van der Waals surface area contributed by atoms with E-state index in [0.717, 1.165) is 25.7 Å². The van der Waals surface area contributed by atoms with Gasteiger partial charge in [0, 0.05) is 24.7 Å². The second kappa shape index (κ2) is 6.01. The van der Waals surface area contributed by atoms with E-state index in [9.17, 15) is 9.90 Å². The highest BCUT2D eigenvalue weighted by Crippen LogP contribution is 2.66. The number of fused-ring (bicyclic) bond motifs is 5. The molecule has 1 aromatic heterocycles. The van der Waals surface area contributed by atoms with E-state index >= 15 is 0 Å². The van der Waals surface area contributed by atoms with Crippen molar-refractivity contribution in [3.05, 3.63) is 36.2 Å². The zero-order chi connectivity index (χ0) is 18.8. The van der Waals surface area contributed by atoms with Crippen LogP contribution in [0.3, 0.4) is 0 Å². The van der Waals surface area contributed by atoms with Gasteiger partial charge in [-0.05, 0) is 84.3 Å². The van der Waals surface area contributed by atoms with Crippen molar-refractivity contribution in [1.29, 1.82) is 0 Å². The molecule has 0 radical (unpaired) electrons. The zero-order valence-electron chi connectivity index (χ0n) is 16.5. The summed E-state index contributed by atoms with van der Waals surface area (Å²) >= 11 is 0. The Balaban J connectivity index is 1.48. The summed E-state index contributed by atoms with van der Waals surface area (Å²) in [5, 5.41) is 10.2. The van der Waals surface area contributed by atoms with E-state index in [1.54, 1.807) is 0 Å². The van der Waals surface area contributed by atoms with Gasteiger partial charge in [0.25, 0.3) is 0 Å². The summed E-state index contributed by atoms with van der Waals surface area (Å²) in [4.78, 5) is 17.5. The summed E-state index contributed by atoms with van der Waals surface area (Å²) in [6, 6.07) is 4.21. The average Bonchev–Trinajstić information content (AvgIpc) is 3.01. The molecule has 5 rings (SSSR count). The first kappa shape index (κ1) is 17.6. The second-order valence-electron chi connectivity index (χ2n) is 10.1. The Morgan fingerprint density at radius 3 is 2.81 bits per heavy atom. The van der Waals surface area contributed by atoms with Crippen molar-refractivity contribution in [3.8, 4) is 0 Å². The lowest BCUT2D eigenvalue weighted by molar-refractivity contribution is -0.156. The van der Waals surface area contributed by atoms with Gasteiger partial charge in [0.1, 0.15) is 5.78 Å². The van der Waals surface area contributed by atoms with Crippen LogP contribution in [-0.2, 0) is 4.79 Å². The largest absolute Gasteiger partial charge is 0.393 e. The third kappa shape index (κ3) is 2.43. The lowest BCUT2D eigenvalue weighted by Gasteiger charge is -2.60. The van der Waals surface area contributed by atoms with Gasteiger partial charge in [0.15, 0.2) is 0 Å². The van der Waals surface area contributed by atoms with Crippen molar-refractivity contribution in [1.82, 2.24) is 4.98 Å². The van der Waals surface area contributed by atoms with E-state index in [2.05, 4.69) is 31.0 Å². The van der Waals surface area contributed by atoms with Crippen molar-refractivity contribution >= 4 is 11.4 Å². The molecule has 0 aliphatic heterocycles. The van der Waals surface area contributed by atoms with Gasteiger partial charge in [-0.15, -0.1) is 0 Å². The number of aliphatic hydroxyl groups excluding tert-OH is 1. The Morgan fingerprint density at radius 2 is 2.04 bits per heavy atom. The Morgan fingerprint density at radius 1 is 1.19 bits per heavy atom. The molecule has 1 heterocycles. The lowest BCUT2D eigenvalue weighted by Crippen LogP contribution is -2.56. The summed E-state index contributed by atoms with van der Waals surface area (Å²) < 4.78 is 0. The number of allylic oxidation sites excluding steroid dienone is 2. The van der Waals surface area contributed by atoms with Crippen molar-refractivity contribution in [2.24, 2.45) is 34.5 Å². The van der Waals surface area contributed by atoms with Crippen LogP contribution in [-0.4, -0.2) is 22.0 Å². The predicted molar refractivity (Wildman–Crippen MR) is 106 cm³/mol. The molecule has 144 valence electrons. The maximum Gasteiger partial charge on any atom is 0.136 e. The molecule has 0 aromatic carbocycles. The molecule has 0 spiro atoms. The number of carbonyl (C=O) groups excluding carboxylic acids is 1. The predicted octanol–water partition coefficient (Wildman–Crippen LogP) is 4.66. The fraction of sp³-hybridized carbons (Fsp3) is 0.667. The van der Waals surface area contributed by atoms with Crippen LogP contribution >= 0.6 is 0 Å². The number of aliphatic hydroxyl groups is 1. The van der Waals surface area contributed by atoms with E-state index in [1.807, 2.05) is 18.5 Å². The SMILES string of the molecule is C[C@]12CC[C@H](O)CC1C(=O)C[C@@H]1[C@@H]2CC[C@]2(C)C(c3cccnc3)=CC[C@@H]12. The molecule has 0 amide bonds. The van der Waals surface area contributed by atoms with Gasteiger partial charge in [0.05, 0.1) is 6.10 Å². The van der Waals surface area contributed by atoms with E-state index < -0.39 is 0 Å². The number of carbonyl (C=O) groups is 1. The van der Waals surface area contributed by atoms with Crippen molar-refractivity contribution in [2.45, 2.75) is 64.9 Å². The van der Waals surface area contributed by atoms with Gasteiger partial charge in [-0.2, -0.15) is 0 Å². The summed E-state index contributed by atoms with van der Waals surface area (Å²) in [5.41, 5.74) is 2.98. The van der Waals surface area contributed by atoms with Crippen LogP contribution in [0.25, 0.3) is 5.57 Å². The second-order valence-corrected chi connectivity index (χ2v) is 10.1. The minimum atomic E-state index is -0.275. The van der Waals surface area contributed by atoms with Crippen molar-refractivity contribution < 1.29 is 9.90 Å². The van der Waals surface area contributed by atoms with Gasteiger partial charge in [-0.1, -0.05) is 26.0 Å². The van der Waals surface area contributed by atoms with Gasteiger partial charge in [-0.3, -0.25) is 9.78 Å². The van der Waals surface area contributed by atoms with Crippen LogP contribution < -0.4 is 0 Å². The fourth-order valence-electron chi connectivity index (χ4n) is 7.56. The Kier molecular flexibility index (Phi) is 3.92. The number of rotatable bonds is 1. The molecule has 27 heavy (non-hydrogen) atoms. The summed E-state index contributed by atoms with van der Waals surface area (Å²) in [6.07, 6.45) is 12.8. The van der Waals surface area contributed by atoms with Crippen molar-refractivity contribution in [2.75, 3.05) is 0 Å². The molecule has 1 aromatic rings. The molecular formula is C24H31NO2. The number of Topliss-reactive ketones (excluding diaryl/α,β-unsaturated/α-hetero) is 1. The minimum absolute atomic E-state index is 0.0824. The quantitative estimate of drug-likeness (QED) is 0.787. The molecule has 3 saturated carbocycles. The highest BCUT2D eigenvalue weighted by Gasteiger charge is 2.60. The third-order valence-corrected chi connectivity index (χ3v) is 8.98. The third-order valence-electron chi connectivity index (χ3n) is 8.98. The molecule has 1 unspecified atom stereocenters. The monoisotopic (exact) mass is 365 g/mol. The molecule has 3 fully saturated rings. The zero-order valence-corrected chi connectivity index (χ0v) is 16.5. The first-order valence-electron chi connectivity index (χ1n) is 10.8.